The molecule has 0 bridgehead atoms. The number of benzene rings is 1. The summed E-state index contributed by atoms with van der Waals surface area (Å²) in [6.45, 7) is 2.68. The van der Waals surface area contributed by atoms with Gasteiger partial charge in [0.15, 0.2) is 0 Å². The number of carboxylic acids is 1. The molecule has 25 heavy (non-hydrogen) atoms. The topological polar surface area (TPSA) is 69.6 Å². The Morgan fingerprint density at radius 2 is 1.88 bits per heavy atom. The quantitative estimate of drug-likeness (QED) is 0.806. The van der Waals surface area contributed by atoms with Crippen LogP contribution >= 0.6 is 0 Å². The van der Waals surface area contributed by atoms with Crippen molar-refractivity contribution in [2.45, 2.75) is 57.5 Å². The fraction of sp³-hybridized carbons (Fsp3) is 0.600. The van der Waals surface area contributed by atoms with Crippen molar-refractivity contribution in [1.29, 1.82) is 0 Å². The maximum atomic E-state index is 12.6. The van der Waals surface area contributed by atoms with Gasteiger partial charge in [-0.15, -0.1) is 0 Å². The van der Waals surface area contributed by atoms with Crippen molar-refractivity contribution < 1.29 is 14.7 Å². The van der Waals surface area contributed by atoms with E-state index in [1.165, 1.54) is 12.0 Å². The number of amides is 1. The molecule has 0 radical (unpaired) electrons. The number of hydrogen-bond acceptors (Lipinski definition) is 3. The summed E-state index contributed by atoms with van der Waals surface area (Å²) in [6, 6.07) is 10.4. The molecule has 2 N–H and O–H groups in total. The molecule has 1 saturated carbocycles. The van der Waals surface area contributed by atoms with Crippen LogP contribution in [0, 0.1) is 5.41 Å². The maximum absolute atomic E-state index is 12.6. The van der Waals surface area contributed by atoms with E-state index < -0.39 is 11.4 Å². The van der Waals surface area contributed by atoms with Gasteiger partial charge >= 0.3 is 5.97 Å². The zero-order valence-electron chi connectivity index (χ0n) is 14.7. The van der Waals surface area contributed by atoms with Gasteiger partial charge in [-0.3, -0.25) is 14.5 Å². The van der Waals surface area contributed by atoms with E-state index in [1.54, 1.807) is 0 Å². The molecule has 0 aromatic heterocycles. The smallest absolute Gasteiger partial charge is 0.319 e. The van der Waals surface area contributed by atoms with Gasteiger partial charge < -0.3 is 10.4 Å². The lowest BCUT2D eigenvalue weighted by Gasteiger charge is -2.38. The van der Waals surface area contributed by atoms with Crippen molar-refractivity contribution in [3.05, 3.63) is 35.9 Å². The number of nitrogens with one attached hydrogen (secondary N) is 1. The second kappa shape index (κ2) is 8.00. The second-order valence-electron chi connectivity index (χ2n) is 7.48. The summed E-state index contributed by atoms with van der Waals surface area (Å²) >= 11 is 0. The number of carboxylic acid groups (broad SMARTS) is 1. The number of carbonyl (C=O) groups is 2. The Bertz CT molecular complexity index is 598. The molecule has 1 atom stereocenters. The molecular formula is C20H28N2O3. The van der Waals surface area contributed by atoms with E-state index in [0.717, 1.165) is 45.3 Å². The van der Waals surface area contributed by atoms with Gasteiger partial charge in [-0.1, -0.05) is 49.6 Å². The van der Waals surface area contributed by atoms with Crippen LogP contribution in [0.2, 0.25) is 0 Å². The minimum Gasteiger partial charge on any atom is -0.480 e. The van der Waals surface area contributed by atoms with Crippen LogP contribution in [-0.2, 0) is 16.1 Å². The minimum absolute atomic E-state index is 0.0355. The Kier molecular flexibility index (Phi) is 5.74. The van der Waals surface area contributed by atoms with E-state index in [-0.39, 0.29) is 11.9 Å². The lowest BCUT2D eigenvalue weighted by Crippen LogP contribution is -2.55. The molecule has 2 fully saturated rings. The number of carbonyl (C=O) groups excluding carboxylic acids is 1. The molecule has 1 heterocycles. The first-order valence-corrected chi connectivity index (χ1v) is 9.41. The fourth-order valence-electron chi connectivity index (χ4n) is 3.89. The maximum Gasteiger partial charge on any atom is 0.319 e. The third-order valence-electron chi connectivity index (χ3n) is 5.64. The molecule has 136 valence electrons. The molecule has 1 unspecified atom stereocenters. The fourth-order valence-corrected chi connectivity index (χ4v) is 3.89. The van der Waals surface area contributed by atoms with Crippen molar-refractivity contribution in [3.63, 3.8) is 0 Å². The average Bonchev–Trinajstić information content (AvgIpc) is 2.51. The van der Waals surface area contributed by atoms with Crippen molar-refractivity contribution in [2.24, 2.45) is 5.41 Å². The molecule has 1 amide bonds. The van der Waals surface area contributed by atoms with Crippen LogP contribution in [0.1, 0.15) is 50.5 Å². The minimum atomic E-state index is -1.17. The van der Waals surface area contributed by atoms with Crippen molar-refractivity contribution in [1.82, 2.24) is 10.2 Å². The van der Waals surface area contributed by atoms with Crippen molar-refractivity contribution in [2.75, 3.05) is 13.1 Å². The monoisotopic (exact) mass is 344 g/mol. The molecule has 1 aliphatic carbocycles. The van der Waals surface area contributed by atoms with Gasteiger partial charge in [0.25, 0.3) is 0 Å². The standard InChI is InChI=1S/C20H28N2O3/c23-18(20(19(24)25)11-7-12-20)21-17-10-5-2-6-13-22(15-17)14-16-8-3-1-4-9-16/h1,3-4,8-9,17H,2,5-7,10-15H2,(H,21,23)(H,24,25). The lowest BCUT2D eigenvalue weighted by atomic mass is 9.68. The first-order valence-electron chi connectivity index (χ1n) is 9.41. The predicted molar refractivity (Wildman–Crippen MR) is 96.0 cm³/mol. The number of hydrogen-bond donors (Lipinski definition) is 2. The molecule has 1 aromatic rings. The van der Waals surface area contributed by atoms with Crippen LogP contribution < -0.4 is 5.32 Å². The number of aliphatic carboxylic acids is 1. The van der Waals surface area contributed by atoms with Crippen LogP contribution in [-0.4, -0.2) is 41.0 Å². The van der Waals surface area contributed by atoms with Crippen LogP contribution in [0.25, 0.3) is 0 Å². The summed E-state index contributed by atoms with van der Waals surface area (Å²) in [5.74, 6) is -1.25. The zero-order valence-corrected chi connectivity index (χ0v) is 14.7. The highest BCUT2D eigenvalue weighted by atomic mass is 16.4. The van der Waals surface area contributed by atoms with E-state index in [0.29, 0.717) is 12.8 Å². The summed E-state index contributed by atoms with van der Waals surface area (Å²) in [6.07, 6.45) is 6.10. The van der Waals surface area contributed by atoms with Crippen molar-refractivity contribution >= 4 is 11.9 Å². The molecule has 1 aliphatic heterocycles. The highest BCUT2D eigenvalue weighted by molar-refractivity contribution is 6.02. The number of rotatable bonds is 5. The molecule has 5 heteroatoms. The molecule has 0 spiro atoms. The SMILES string of the molecule is O=C(O)C1(C(=O)NC2CCCCCN(Cc3ccccc3)C2)CCC1. The Balaban J connectivity index is 1.63. The highest BCUT2D eigenvalue weighted by Crippen LogP contribution is 2.41. The largest absolute Gasteiger partial charge is 0.480 e. The number of likely N-dealkylation sites (tertiary alicyclic amines) is 1. The first kappa shape index (κ1) is 17.9. The summed E-state index contributed by atoms with van der Waals surface area (Å²) in [5, 5.41) is 12.5. The summed E-state index contributed by atoms with van der Waals surface area (Å²) in [5.41, 5.74) is 0.0984. The van der Waals surface area contributed by atoms with Gasteiger partial charge in [-0.2, -0.15) is 0 Å². The Morgan fingerprint density at radius 1 is 1.12 bits per heavy atom. The van der Waals surface area contributed by atoms with Gasteiger partial charge in [0, 0.05) is 19.1 Å². The van der Waals surface area contributed by atoms with Crippen LogP contribution in [0.3, 0.4) is 0 Å². The lowest BCUT2D eigenvalue weighted by molar-refractivity contribution is -0.162. The van der Waals surface area contributed by atoms with Gasteiger partial charge in [-0.05, 0) is 37.8 Å². The Morgan fingerprint density at radius 3 is 2.52 bits per heavy atom. The van der Waals surface area contributed by atoms with Gasteiger partial charge in [0.1, 0.15) is 5.41 Å². The van der Waals surface area contributed by atoms with Gasteiger partial charge in [-0.25, -0.2) is 0 Å². The second-order valence-corrected chi connectivity index (χ2v) is 7.48. The van der Waals surface area contributed by atoms with E-state index in [1.807, 2.05) is 18.2 Å². The van der Waals surface area contributed by atoms with Gasteiger partial charge in [0.2, 0.25) is 5.91 Å². The molecule has 1 saturated heterocycles. The third-order valence-corrected chi connectivity index (χ3v) is 5.64. The van der Waals surface area contributed by atoms with Crippen molar-refractivity contribution in [3.8, 4) is 0 Å². The highest BCUT2D eigenvalue weighted by Gasteiger charge is 2.51. The van der Waals surface area contributed by atoms with Crippen LogP contribution in [0.4, 0.5) is 0 Å². The van der Waals surface area contributed by atoms with Crippen LogP contribution in [0.15, 0.2) is 30.3 Å². The predicted octanol–water partition coefficient (Wildman–Crippen LogP) is 2.80. The molecular weight excluding hydrogens is 316 g/mol. The summed E-state index contributed by atoms with van der Waals surface area (Å²) in [7, 11) is 0. The van der Waals surface area contributed by atoms with E-state index >= 15 is 0 Å². The zero-order chi connectivity index (χ0) is 17.7. The van der Waals surface area contributed by atoms with E-state index in [2.05, 4.69) is 22.3 Å². The summed E-state index contributed by atoms with van der Waals surface area (Å²) in [4.78, 5) is 26.5. The molecule has 1 aromatic carbocycles. The third kappa shape index (κ3) is 4.21. The van der Waals surface area contributed by atoms with Gasteiger partial charge in [0.05, 0.1) is 0 Å². The number of nitrogens with zero attached hydrogens (tertiary/aromatic N) is 1. The average molecular weight is 344 g/mol. The van der Waals surface area contributed by atoms with E-state index in [4.69, 9.17) is 0 Å². The molecule has 5 nitrogen and oxygen atoms in total. The Hall–Kier alpha value is -1.88. The van der Waals surface area contributed by atoms with Crippen LogP contribution in [0.5, 0.6) is 0 Å². The Labute approximate surface area is 149 Å². The first-order chi connectivity index (χ1) is 12.1. The van der Waals surface area contributed by atoms with E-state index in [9.17, 15) is 14.7 Å². The normalized spacial score (nSPS) is 23.8. The molecule has 3 rings (SSSR count). The molecule has 2 aliphatic rings. The summed E-state index contributed by atoms with van der Waals surface area (Å²) < 4.78 is 0.